The molecule has 1 rings (SSSR count). The molecular formula is C16H27NO4. The van der Waals surface area contributed by atoms with Gasteiger partial charge in [-0.25, -0.2) is 4.79 Å². The van der Waals surface area contributed by atoms with E-state index in [2.05, 4.69) is 11.9 Å². The van der Waals surface area contributed by atoms with Gasteiger partial charge >= 0.3 is 5.97 Å². The molecular weight excluding hydrogens is 270 g/mol. The monoisotopic (exact) mass is 297 g/mol. The Balaban J connectivity index is 2.26. The molecule has 120 valence electrons. The van der Waals surface area contributed by atoms with Gasteiger partial charge in [0.15, 0.2) is 12.2 Å². The molecule has 5 nitrogen and oxygen atoms in total. The van der Waals surface area contributed by atoms with Crippen LogP contribution in [0.25, 0.3) is 0 Å². The Labute approximate surface area is 127 Å². The van der Waals surface area contributed by atoms with Gasteiger partial charge < -0.3 is 14.8 Å². The van der Waals surface area contributed by atoms with Crippen molar-refractivity contribution in [2.45, 2.75) is 58.2 Å². The highest BCUT2D eigenvalue weighted by atomic mass is 16.6. The number of amides is 1. The summed E-state index contributed by atoms with van der Waals surface area (Å²) in [7, 11) is 0. The number of carbonyl (C=O) groups excluding carboxylic acids is 2. The first-order valence-electron chi connectivity index (χ1n) is 7.75. The predicted molar refractivity (Wildman–Crippen MR) is 80.7 cm³/mol. The van der Waals surface area contributed by atoms with Gasteiger partial charge in [-0.2, -0.15) is 0 Å². The zero-order valence-corrected chi connectivity index (χ0v) is 13.1. The van der Waals surface area contributed by atoms with Gasteiger partial charge in [-0.1, -0.05) is 25.3 Å². The largest absolute Gasteiger partial charge is 0.451 e. The van der Waals surface area contributed by atoms with Gasteiger partial charge in [-0.05, 0) is 32.6 Å². The van der Waals surface area contributed by atoms with Crippen molar-refractivity contribution in [3.63, 3.8) is 0 Å². The lowest BCUT2D eigenvalue weighted by atomic mass is 9.89. The third-order valence-corrected chi connectivity index (χ3v) is 3.75. The summed E-state index contributed by atoms with van der Waals surface area (Å²) in [5.74, 6) is -0.220. The number of hydrogen-bond donors (Lipinski definition) is 1. The molecule has 5 heteroatoms. The fourth-order valence-electron chi connectivity index (χ4n) is 2.38. The van der Waals surface area contributed by atoms with Crippen LogP contribution in [-0.2, 0) is 19.1 Å². The van der Waals surface area contributed by atoms with Crippen molar-refractivity contribution in [2.24, 2.45) is 5.92 Å². The zero-order valence-electron chi connectivity index (χ0n) is 13.1. The Hall–Kier alpha value is -1.36. The Kier molecular flexibility index (Phi) is 8.05. The molecule has 1 aliphatic carbocycles. The molecule has 1 amide bonds. The molecule has 0 heterocycles. The summed E-state index contributed by atoms with van der Waals surface area (Å²) < 4.78 is 10.3. The van der Waals surface area contributed by atoms with E-state index in [4.69, 9.17) is 9.47 Å². The first kappa shape index (κ1) is 17.7. The van der Waals surface area contributed by atoms with Crippen molar-refractivity contribution < 1.29 is 19.1 Å². The summed E-state index contributed by atoms with van der Waals surface area (Å²) in [6.07, 6.45) is 6.17. The van der Waals surface area contributed by atoms with Crippen LogP contribution in [-0.4, -0.2) is 37.2 Å². The van der Waals surface area contributed by atoms with E-state index in [-0.39, 0.29) is 12.5 Å². The van der Waals surface area contributed by atoms with Crippen LogP contribution in [0.3, 0.4) is 0 Å². The van der Waals surface area contributed by atoms with Crippen molar-refractivity contribution in [1.29, 1.82) is 0 Å². The topological polar surface area (TPSA) is 64.6 Å². The normalized spacial score (nSPS) is 18.6. The molecule has 2 atom stereocenters. The van der Waals surface area contributed by atoms with Crippen molar-refractivity contribution in [3.8, 4) is 0 Å². The lowest BCUT2D eigenvalue weighted by Crippen LogP contribution is -2.40. The maximum Gasteiger partial charge on any atom is 0.335 e. The predicted octanol–water partition coefficient (Wildman–Crippen LogP) is 2.21. The number of hydrogen-bond acceptors (Lipinski definition) is 4. The van der Waals surface area contributed by atoms with Crippen LogP contribution in [0.2, 0.25) is 0 Å². The summed E-state index contributed by atoms with van der Waals surface area (Å²) in [6, 6.07) is 0. The molecule has 0 radical (unpaired) electrons. The summed E-state index contributed by atoms with van der Waals surface area (Å²) in [5, 5.41) is 2.87. The average molecular weight is 297 g/mol. The Morgan fingerprint density at radius 1 is 1.24 bits per heavy atom. The minimum atomic E-state index is -0.795. The van der Waals surface area contributed by atoms with Crippen molar-refractivity contribution in [2.75, 3.05) is 13.2 Å². The molecule has 1 saturated carbocycles. The molecule has 0 spiro atoms. The third-order valence-electron chi connectivity index (χ3n) is 3.75. The van der Waals surface area contributed by atoms with Crippen LogP contribution in [0.4, 0.5) is 0 Å². The number of esters is 1. The molecule has 2 unspecified atom stereocenters. The third kappa shape index (κ3) is 6.76. The summed E-state index contributed by atoms with van der Waals surface area (Å²) in [4.78, 5) is 23.6. The van der Waals surface area contributed by atoms with Crippen LogP contribution >= 0.6 is 0 Å². The minimum Gasteiger partial charge on any atom is -0.451 e. The molecule has 1 fully saturated rings. The van der Waals surface area contributed by atoms with E-state index in [1.165, 1.54) is 32.1 Å². The van der Waals surface area contributed by atoms with Gasteiger partial charge in [0, 0.05) is 6.54 Å². The van der Waals surface area contributed by atoms with Gasteiger partial charge in [0.05, 0.1) is 6.61 Å². The molecule has 0 aliphatic heterocycles. The maximum atomic E-state index is 11.9. The van der Waals surface area contributed by atoms with E-state index >= 15 is 0 Å². The number of nitrogens with one attached hydrogen (secondary N) is 1. The van der Waals surface area contributed by atoms with Crippen LogP contribution in [0.1, 0.15) is 46.0 Å². The average Bonchev–Trinajstić information content (AvgIpc) is 2.50. The summed E-state index contributed by atoms with van der Waals surface area (Å²) >= 11 is 0. The molecule has 0 aromatic carbocycles. The van der Waals surface area contributed by atoms with Crippen molar-refractivity contribution in [3.05, 3.63) is 12.7 Å². The number of ether oxygens (including phenoxy) is 2. The quantitative estimate of drug-likeness (QED) is 0.551. The maximum absolute atomic E-state index is 11.9. The highest BCUT2D eigenvalue weighted by Gasteiger charge is 2.23. The molecule has 0 aromatic rings. The second-order valence-corrected chi connectivity index (χ2v) is 5.59. The molecule has 0 aromatic heterocycles. The van der Waals surface area contributed by atoms with Crippen LogP contribution in [0.15, 0.2) is 12.7 Å². The fraction of sp³-hybridized carbons (Fsp3) is 0.750. The lowest BCUT2D eigenvalue weighted by Gasteiger charge is -2.23. The van der Waals surface area contributed by atoms with Crippen LogP contribution in [0.5, 0.6) is 0 Å². The molecule has 1 aliphatic rings. The Morgan fingerprint density at radius 3 is 2.52 bits per heavy atom. The van der Waals surface area contributed by atoms with Gasteiger partial charge in [0.1, 0.15) is 0 Å². The lowest BCUT2D eigenvalue weighted by molar-refractivity contribution is -0.164. The molecule has 0 saturated heterocycles. The van der Waals surface area contributed by atoms with Crippen LogP contribution in [0, 0.1) is 5.92 Å². The fourth-order valence-corrected chi connectivity index (χ4v) is 2.38. The van der Waals surface area contributed by atoms with Crippen molar-refractivity contribution in [1.82, 2.24) is 5.32 Å². The van der Waals surface area contributed by atoms with Crippen LogP contribution < -0.4 is 5.32 Å². The summed E-state index contributed by atoms with van der Waals surface area (Å²) in [5.41, 5.74) is 0. The molecule has 0 bridgehead atoms. The SMILES string of the molecule is C=CCOC(C)C(=O)OC(C)C(=O)NCC1CCCCC1. The van der Waals surface area contributed by atoms with Crippen molar-refractivity contribution >= 4 is 11.9 Å². The van der Waals surface area contributed by atoms with E-state index in [0.29, 0.717) is 12.5 Å². The second kappa shape index (κ2) is 9.55. The first-order valence-corrected chi connectivity index (χ1v) is 7.75. The zero-order chi connectivity index (χ0) is 15.7. The van der Waals surface area contributed by atoms with Gasteiger partial charge in [-0.3, -0.25) is 4.79 Å². The summed E-state index contributed by atoms with van der Waals surface area (Å²) in [6.45, 7) is 7.63. The number of carbonyl (C=O) groups is 2. The van der Waals surface area contributed by atoms with E-state index in [9.17, 15) is 9.59 Å². The Bertz CT molecular complexity index is 350. The Morgan fingerprint density at radius 2 is 1.90 bits per heavy atom. The molecule has 21 heavy (non-hydrogen) atoms. The second-order valence-electron chi connectivity index (χ2n) is 5.59. The van der Waals surface area contributed by atoms with Gasteiger partial charge in [-0.15, -0.1) is 6.58 Å². The van der Waals surface area contributed by atoms with E-state index in [0.717, 1.165) is 0 Å². The standard InChI is InChI=1S/C16H27NO4/c1-4-10-20-13(3)16(19)21-12(2)15(18)17-11-14-8-6-5-7-9-14/h4,12-14H,1,5-11H2,2-3H3,(H,17,18). The highest BCUT2D eigenvalue weighted by molar-refractivity contribution is 5.84. The highest BCUT2D eigenvalue weighted by Crippen LogP contribution is 2.22. The van der Waals surface area contributed by atoms with E-state index < -0.39 is 18.2 Å². The van der Waals surface area contributed by atoms with E-state index in [1.54, 1.807) is 19.9 Å². The minimum absolute atomic E-state index is 0.246. The molecule has 1 N–H and O–H groups in total. The van der Waals surface area contributed by atoms with Gasteiger partial charge in [0.2, 0.25) is 0 Å². The van der Waals surface area contributed by atoms with Gasteiger partial charge in [0.25, 0.3) is 5.91 Å². The number of rotatable bonds is 8. The van der Waals surface area contributed by atoms with E-state index in [1.807, 2.05) is 0 Å². The first-order chi connectivity index (χ1) is 10.0. The smallest absolute Gasteiger partial charge is 0.335 e.